The van der Waals surface area contributed by atoms with Gasteiger partial charge in [0.05, 0.1) is 32.6 Å². The molecule has 0 atom stereocenters. The summed E-state index contributed by atoms with van der Waals surface area (Å²) in [4.78, 5) is 27.8. The summed E-state index contributed by atoms with van der Waals surface area (Å²) in [5.74, 6) is -0.358. The fourth-order valence-electron chi connectivity index (χ4n) is 2.66. The van der Waals surface area contributed by atoms with Crippen LogP contribution in [0.2, 0.25) is 0 Å². The summed E-state index contributed by atoms with van der Waals surface area (Å²) in [5.41, 5.74) is 0.989. The number of hydrogen-bond donors (Lipinski definition) is 2. The van der Waals surface area contributed by atoms with Crippen LogP contribution in [-0.4, -0.2) is 81.5 Å². The maximum atomic E-state index is 12.2. The molecule has 0 bridgehead atoms. The first kappa shape index (κ1) is 19.0. The largest absolute Gasteiger partial charge is 0.495 e. The Morgan fingerprint density at radius 3 is 2.56 bits per heavy atom. The van der Waals surface area contributed by atoms with E-state index in [0.717, 1.165) is 11.4 Å². The molecular weight excluding hydrogens is 326 g/mol. The summed E-state index contributed by atoms with van der Waals surface area (Å²) < 4.78 is 10.4. The van der Waals surface area contributed by atoms with Gasteiger partial charge >= 0.3 is 11.8 Å². The highest BCUT2D eigenvalue weighted by Gasteiger charge is 2.26. The van der Waals surface area contributed by atoms with Crippen LogP contribution in [0.5, 0.6) is 5.75 Å². The van der Waals surface area contributed by atoms with Crippen molar-refractivity contribution in [2.45, 2.75) is 0 Å². The summed E-state index contributed by atoms with van der Waals surface area (Å²) in [6.07, 6.45) is 0. The third-order valence-electron chi connectivity index (χ3n) is 3.95. The maximum Gasteiger partial charge on any atom is 0.312 e. The Morgan fingerprint density at radius 1 is 1.16 bits per heavy atom. The van der Waals surface area contributed by atoms with Gasteiger partial charge in [-0.3, -0.25) is 9.59 Å². The van der Waals surface area contributed by atoms with Crippen LogP contribution in [0.1, 0.15) is 0 Å². The van der Waals surface area contributed by atoms with Crippen molar-refractivity contribution in [1.29, 1.82) is 0 Å². The van der Waals surface area contributed by atoms with Crippen LogP contribution in [0.25, 0.3) is 0 Å². The number of hydrogen-bond acceptors (Lipinski definition) is 6. The van der Waals surface area contributed by atoms with E-state index in [0.29, 0.717) is 26.2 Å². The van der Waals surface area contributed by atoms with Gasteiger partial charge in [0.15, 0.2) is 0 Å². The Kier molecular flexibility index (Phi) is 7.49. The first-order valence-electron chi connectivity index (χ1n) is 8.31. The highest BCUT2D eigenvalue weighted by molar-refractivity contribution is 6.35. The molecule has 138 valence electrons. The number of methoxy groups -OCH3 is 1. The van der Waals surface area contributed by atoms with E-state index in [2.05, 4.69) is 10.2 Å². The normalized spacial score (nSPS) is 14.3. The zero-order valence-electron chi connectivity index (χ0n) is 14.4. The number of piperazine rings is 1. The third kappa shape index (κ3) is 5.33. The van der Waals surface area contributed by atoms with Crippen molar-refractivity contribution < 1.29 is 24.2 Å². The highest BCUT2D eigenvalue weighted by atomic mass is 16.5. The van der Waals surface area contributed by atoms with Crippen LogP contribution in [0.4, 0.5) is 5.69 Å². The second-order valence-corrected chi connectivity index (χ2v) is 5.54. The van der Waals surface area contributed by atoms with E-state index in [1.165, 1.54) is 0 Å². The number of amides is 2. The Labute approximate surface area is 147 Å². The van der Waals surface area contributed by atoms with Crippen LogP contribution in [0.3, 0.4) is 0 Å². The number of nitrogens with one attached hydrogen (secondary N) is 1. The number of carbonyl (C=O) groups excluding carboxylic acids is 2. The van der Waals surface area contributed by atoms with E-state index in [-0.39, 0.29) is 26.4 Å². The van der Waals surface area contributed by atoms with Gasteiger partial charge in [0.1, 0.15) is 5.75 Å². The molecule has 0 unspecified atom stereocenters. The van der Waals surface area contributed by atoms with Gasteiger partial charge in [-0.05, 0) is 12.1 Å². The number of para-hydroxylation sites is 2. The Hall–Kier alpha value is -2.32. The van der Waals surface area contributed by atoms with E-state index in [9.17, 15) is 9.59 Å². The van der Waals surface area contributed by atoms with Gasteiger partial charge in [-0.2, -0.15) is 0 Å². The molecule has 1 aliphatic heterocycles. The predicted octanol–water partition coefficient (Wildman–Crippen LogP) is -0.531. The summed E-state index contributed by atoms with van der Waals surface area (Å²) in [6, 6.07) is 7.74. The molecule has 0 spiro atoms. The zero-order chi connectivity index (χ0) is 18.1. The third-order valence-corrected chi connectivity index (χ3v) is 3.95. The summed E-state index contributed by atoms with van der Waals surface area (Å²) >= 11 is 0. The van der Waals surface area contributed by atoms with E-state index in [1.807, 2.05) is 24.3 Å². The lowest BCUT2D eigenvalue weighted by Gasteiger charge is -2.36. The van der Waals surface area contributed by atoms with Crippen LogP contribution in [0, 0.1) is 0 Å². The van der Waals surface area contributed by atoms with Crippen molar-refractivity contribution in [3.63, 3.8) is 0 Å². The lowest BCUT2D eigenvalue weighted by molar-refractivity contribution is -0.146. The molecular formula is C17H25N3O5. The van der Waals surface area contributed by atoms with Crippen molar-refractivity contribution in [2.75, 3.05) is 64.6 Å². The van der Waals surface area contributed by atoms with Gasteiger partial charge in [0.2, 0.25) is 0 Å². The van der Waals surface area contributed by atoms with Crippen molar-refractivity contribution >= 4 is 17.5 Å². The second kappa shape index (κ2) is 9.85. The van der Waals surface area contributed by atoms with E-state index in [4.69, 9.17) is 14.6 Å². The number of benzene rings is 1. The summed E-state index contributed by atoms with van der Waals surface area (Å²) in [6.45, 7) is 2.89. The van der Waals surface area contributed by atoms with Crippen LogP contribution < -0.4 is 15.0 Å². The number of carbonyl (C=O) groups is 2. The Morgan fingerprint density at radius 2 is 1.88 bits per heavy atom. The Bertz CT molecular complexity index is 573. The maximum absolute atomic E-state index is 12.2. The fourth-order valence-corrected chi connectivity index (χ4v) is 2.66. The number of rotatable bonds is 7. The van der Waals surface area contributed by atoms with Gasteiger partial charge in [-0.1, -0.05) is 12.1 Å². The second-order valence-electron chi connectivity index (χ2n) is 5.54. The van der Waals surface area contributed by atoms with Crippen molar-refractivity contribution in [2.24, 2.45) is 0 Å². The van der Waals surface area contributed by atoms with E-state index in [1.54, 1.807) is 12.0 Å². The van der Waals surface area contributed by atoms with Crippen LogP contribution in [0.15, 0.2) is 24.3 Å². The first-order valence-corrected chi connectivity index (χ1v) is 8.31. The molecule has 1 saturated heterocycles. The summed E-state index contributed by atoms with van der Waals surface area (Å²) in [7, 11) is 1.63. The van der Waals surface area contributed by atoms with Crippen molar-refractivity contribution in [1.82, 2.24) is 10.2 Å². The molecule has 1 aliphatic rings. The number of ether oxygens (including phenoxy) is 2. The number of aliphatic hydroxyl groups excluding tert-OH is 1. The highest BCUT2D eigenvalue weighted by Crippen LogP contribution is 2.28. The van der Waals surface area contributed by atoms with Crippen molar-refractivity contribution in [3.05, 3.63) is 24.3 Å². The monoisotopic (exact) mass is 351 g/mol. The minimum atomic E-state index is -0.627. The minimum Gasteiger partial charge on any atom is -0.495 e. The topological polar surface area (TPSA) is 91.3 Å². The van der Waals surface area contributed by atoms with Gasteiger partial charge < -0.3 is 29.7 Å². The van der Waals surface area contributed by atoms with Crippen LogP contribution in [-0.2, 0) is 14.3 Å². The first-order chi connectivity index (χ1) is 12.2. The van der Waals surface area contributed by atoms with Crippen LogP contribution >= 0.6 is 0 Å². The van der Waals surface area contributed by atoms with Gasteiger partial charge in [0, 0.05) is 32.7 Å². The molecule has 1 heterocycles. The van der Waals surface area contributed by atoms with Gasteiger partial charge in [0.25, 0.3) is 0 Å². The molecule has 1 aromatic rings. The number of aliphatic hydroxyl groups is 1. The molecule has 0 saturated carbocycles. The predicted molar refractivity (Wildman–Crippen MR) is 92.7 cm³/mol. The molecule has 8 nitrogen and oxygen atoms in total. The van der Waals surface area contributed by atoms with E-state index < -0.39 is 11.8 Å². The molecule has 2 amide bonds. The lowest BCUT2D eigenvalue weighted by Crippen LogP contribution is -2.53. The fraction of sp³-hybridized carbons (Fsp3) is 0.529. The number of anilines is 1. The molecule has 25 heavy (non-hydrogen) atoms. The molecule has 2 N–H and O–H groups in total. The van der Waals surface area contributed by atoms with Crippen molar-refractivity contribution in [3.8, 4) is 5.75 Å². The minimum absolute atomic E-state index is 0.0661. The van der Waals surface area contributed by atoms with E-state index >= 15 is 0 Å². The van der Waals surface area contributed by atoms with Gasteiger partial charge in [-0.15, -0.1) is 0 Å². The standard InChI is InChI=1S/C17H25N3O5/c1-24-15-5-3-2-4-14(15)19-7-9-20(10-8-19)17(23)16(22)18-6-12-25-13-11-21/h2-5,21H,6-13H2,1H3,(H,18,22). The quantitative estimate of drug-likeness (QED) is 0.507. The number of nitrogens with zero attached hydrogens (tertiary/aromatic N) is 2. The molecule has 8 heteroatoms. The van der Waals surface area contributed by atoms with Gasteiger partial charge in [-0.25, -0.2) is 0 Å². The molecule has 0 radical (unpaired) electrons. The molecule has 1 fully saturated rings. The zero-order valence-corrected chi connectivity index (χ0v) is 14.4. The molecule has 2 rings (SSSR count). The molecule has 0 aromatic heterocycles. The molecule has 0 aliphatic carbocycles. The smallest absolute Gasteiger partial charge is 0.312 e. The SMILES string of the molecule is COc1ccccc1N1CCN(C(=O)C(=O)NCCOCCO)CC1. The lowest BCUT2D eigenvalue weighted by atomic mass is 10.2. The summed E-state index contributed by atoms with van der Waals surface area (Å²) in [5, 5.41) is 11.1. The average molecular weight is 351 g/mol. The Balaban J connectivity index is 1.79. The average Bonchev–Trinajstić information content (AvgIpc) is 2.67. The molecule has 1 aromatic carbocycles.